The van der Waals surface area contributed by atoms with Crippen molar-refractivity contribution in [2.24, 2.45) is 0 Å². The van der Waals surface area contributed by atoms with Crippen molar-refractivity contribution in [1.82, 2.24) is 14.4 Å². The topological polar surface area (TPSA) is 65.4 Å². The van der Waals surface area contributed by atoms with E-state index in [0.717, 1.165) is 28.3 Å². The molecule has 4 aromatic rings. The van der Waals surface area contributed by atoms with Gasteiger partial charge in [0.2, 0.25) is 0 Å². The third kappa shape index (κ3) is 2.48. The van der Waals surface area contributed by atoms with Crippen molar-refractivity contribution in [1.29, 1.82) is 0 Å². The zero-order valence-corrected chi connectivity index (χ0v) is 12.3. The Morgan fingerprint density at radius 3 is 2.39 bits per heavy atom. The molecule has 4 rings (SSSR count). The van der Waals surface area contributed by atoms with Crippen molar-refractivity contribution in [3.63, 3.8) is 0 Å². The van der Waals surface area contributed by atoms with E-state index in [2.05, 4.69) is 9.97 Å². The molecule has 2 N–H and O–H groups in total. The molecule has 0 aliphatic carbocycles. The molecule has 0 aliphatic heterocycles. The number of hydrogen-bond donors (Lipinski definition) is 1. The van der Waals surface area contributed by atoms with Crippen LogP contribution in [-0.2, 0) is 0 Å². The first kappa shape index (κ1) is 13.3. The first-order valence-electron chi connectivity index (χ1n) is 7.22. The summed E-state index contributed by atoms with van der Waals surface area (Å²) < 4.78 is 7.67. The van der Waals surface area contributed by atoms with E-state index in [-0.39, 0.29) is 0 Å². The van der Waals surface area contributed by atoms with E-state index in [4.69, 9.17) is 10.5 Å². The molecule has 5 heteroatoms. The fraction of sp³-hybridized carbons (Fsp3) is 0. The Hall–Kier alpha value is -3.34. The smallest absolute Gasteiger partial charge is 0.150 e. The fourth-order valence-electron chi connectivity index (χ4n) is 2.49. The van der Waals surface area contributed by atoms with Crippen molar-refractivity contribution in [3.05, 3.63) is 73.3 Å². The Bertz CT molecular complexity index is 946. The second-order valence-electron chi connectivity index (χ2n) is 5.10. The molecule has 2 heterocycles. The molecule has 0 spiro atoms. The molecule has 0 atom stereocenters. The van der Waals surface area contributed by atoms with Gasteiger partial charge in [0.15, 0.2) is 0 Å². The maximum atomic E-state index is 5.97. The maximum absolute atomic E-state index is 5.97. The van der Waals surface area contributed by atoms with E-state index in [9.17, 15) is 0 Å². The van der Waals surface area contributed by atoms with Gasteiger partial charge in [-0.1, -0.05) is 18.2 Å². The van der Waals surface area contributed by atoms with Gasteiger partial charge in [-0.15, -0.1) is 0 Å². The number of para-hydroxylation sites is 1. The van der Waals surface area contributed by atoms with Crippen LogP contribution in [0.1, 0.15) is 0 Å². The molecule has 0 amide bonds. The molecule has 23 heavy (non-hydrogen) atoms. The van der Waals surface area contributed by atoms with Crippen molar-refractivity contribution >= 4 is 11.3 Å². The van der Waals surface area contributed by atoms with Crippen molar-refractivity contribution < 1.29 is 4.74 Å². The van der Waals surface area contributed by atoms with Crippen LogP contribution in [0.2, 0.25) is 0 Å². The van der Waals surface area contributed by atoms with Crippen LogP contribution in [0.25, 0.3) is 16.8 Å². The van der Waals surface area contributed by atoms with Gasteiger partial charge in [0.05, 0.1) is 5.69 Å². The van der Waals surface area contributed by atoms with E-state index in [0.29, 0.717) is 5.82 Å². The van der Waals surface area contributed by atoms with E-state index in [1.807, 2.05) is 65.2 Å². The number of benzene rings is 2. The molecule has 2 aromatic carbocycles. The van der Waals surface area contributed by atoms with Crippen LogP contribution in [0.4, 0.5) is 5.82 Å². The molecule has 0 radical (unpaired) electrons. The summed E-state index contributed by atoms with van der Waals surface area (Å²) in [5.41, 5.74) is 8.56. The number of imidazole rings is 1. The zero-order chi connectivity index (χ0) is 15.6. The molecule has 112 valence electrons. The van der Waals surface area contributed by atoms with Crippen LogP contribution in [0.3, 0.4) is 0 Å². The van der Waals surface area contributed by atoms with Crippen LogP contribution in [0.5, 0.6) is 11.5 Å². The second-order valence-corrected chi connectivity index (χ2v) is 5.10. The van der Waals surface area contributed by atoms with Gasteiger partial charge in [-0.05, 0) is 36.4 Å². The number of fused-ring (bicyclic) bond motifs is 1. The van der Waals surface area contributed by atoms with Crippen LogP contribution in [0.15, 0.2) is 73.3 Å². The summed E-state index contributed by atoms with van der Waals surface area (Å²) in [6.07, 6.45) is 5.22. The number of ether oxygens (including phenoxy) is 1. The third-order valence-corrected chi connectivity index (χ3v) is 3.58. The minimum absolute atomic E-state index is 0.463. The summed E-state index contributed by atoms with van der Waals surface area (Å²) in [5, 5.41) is 0. The van der Waals surface area contributed by atoms with Crippen molar-refractivity contribution in [3.8, 4) is 22.8 Å². The molecule has 5 nitrogen and oxygen atoms in total. The highest BCUT2D eigenvalue weighted by Crippen LogP contribution is 2.29. The number of nitrogens with zero attached hydrogens (tertiary/aromatic N) is 3. The molecule has 0 fully saturated rings. The van der Waals surface area contributed by atoms with E-state index >= 15 is 0 Å². The summed E-state index contributed by atoms with van der Waals surface area (Å²) in [6.45, 7) is 0. The SMILES string of the molecule is Nc1nccn2cnc(-c3ccc(Oc4ccccc4)cc3)c12. The second kappa shape index (κ2) is 5.46. The first-order valence-corrected chi connectivity index (χ1v) is 7.22. The number of aromatic nitrogens is 3. The third-order valence-electron chi connectivity index (χ3n) is 3.58. The number of rotatable bonds is 3. The van der Waals surface area contributed by atoms with E-state index in [1.54, 1.807) is 12.5 Å². The Morgan fingerprint density at radius 2 is 1.61 bits per heavy atom. The van der Waals surface area contributed by atoms with Gasteiger partial charge in [0.25, 0.3) is 0 Å². The molecule has 2 aromatic heterocycles. The summed E-state index contributed by atoms with van der Waals surface area (Å²) in [5.74, 6) is 2.04. The fourth-order valence-corrected chi connectivity index (χ4v) is 2.49. The van der Waals surface area contributed by atoms with E-state index < -0.39 is 0 Å². The zero-order valence-electron chi connectivity index (χ0n) is 12.3. The number of anilines is 1. The van der Waals surface area contributed by atoms with Gasteiger partial charge >= 0.3 is 0 Å². The largest absolute Gasteiger partial charge is 0.457 e. The first-order chi connectivity index (χ1) is 11.3. The lowest BCUT2D eigenvalue weighted by Gasteiger charge is -2.06. The van der Waals surface area contributed by atoms with Gasteiger partial charge in [-0.3, -0.25) is 0 Å². The predicted molar refractivity (Wildman–Crippen MR) is 89.4 cm³/mol. The maximum Gasteiger partial charge on any atom is 0.150 e. The van der Waals surface area contributed by atoms with E-state index in [1.165, 1.54) is 0 Å². The highest BCUT2D eigenvalue weighted by molar-refractivity contribution is 5.84. The molecule has 0 unspecified atom stereocenters. The van der Waals surface area contributed by atoms with Gasteiger partial charge in [-0.2, -0.15) is 0 Å². The summed E-state index contributed by atoms with van der Waals surface area (Å²) in [7, 11) is 0. The van der Waals surface area contributed by atoms with Crippen LogP contribution in [-0.4, -0.2) is 14.4 Å². The highest BCUT2D eigenvalue weighted by Gasteiger charge is 2.10. The molecule has 0 saturated heterocycles. The number of nitrogen functional groups attached to an aromatic ring is 1. The number of nitrogens with two attached hydrogens (primary N) is 1. The average molecular weight is 302 g/mol. The molecule has 0 aliphatic rings. The van der Waals surface area contributed by atoms with Gasteiger partial charge in [-0.25, -0.2) is 9.97 Å². The average Bonchev–Trinajstić information content (AvgIpc) is 3.02. The Labute approximate surface area is 133 Å². The Morgan fingerprint density at radius 1 is 0.870 bits per heavy atom. The minimum atomic E-state index is 0.463. The van der Waals surface area contributed by atoms with Crippen molar-refractivity contribution in [2.75, 3.05) is 5.73 Å². The molecule has 0 saturated carbocycles. The lowest BCUT2D eigenvalue weighted by atomic mass is 10.1. The molecular formula is C18H14N4O. The van der Waals surface area contributed by atoms with Gasteiger partial charge in [0.1, 0.15) is 29.2 Å². The normalized spacial score (nSPS) is 10.8. The summed E-state index contributed by atoms with van der Waals surface area (Å²) in [4.78, 5) is 8.57. The summed E-state index contributed by atoms with van der Waals surface area (Å²) >= 11 is 0. The van der Waals surface area contributed by atoms with Crippen LogP contribution >= 0.6 is 0 Å². The minimum Gasteiger partial charge on any atom is -0.457 e. The molecule has 0 bridgehead atoms. The lowest BCUT2D eigenvalue weighted by Crippen LogP contribution is -1.95. The number of hydrogen-bond acceptors (Lipinski definition) is 4. The lowest BCUT2D eigenvalue weighted by molar-refractivity contribution is 0.483. The molecular weight excluding hydrogens is 288 g/mol. The summed E-state index contributed by atoms with van der Waals surface area (Å²) in [6, 6.07) is 17.4. The van der Waals surface area contributed by atoms with Gasteiger partial charge in [0, 0.05) is 18.0 Å². The Balaban J connectivity index is 1.67. The van der Waals surface area contributed by atoms with Crippen LogP contribution in [0, 0.1) is 0 Å². The predicted octanol–water partition coefficient (Wildman–Crippen LogP) is 3.77. The standard InChI is InChI=1S/C18H14N4O/c19-18-17-16(21-12-22(17)11-10-20-18)13-6-8-15(9-7-13)23-14-4-2-1-3-5-14/h1-12H,(H2,19,20). The quantitative estimate of drug-likeness (QED) is 0.625. The Kier molecular flexibility index (Phi) is 3.16. The van der Waals surface area contributed by atoms with Crippen LogP contribution < -0.4 is 10.5 Å². The van der Waals surface area contributed by atoms with Crippen molar-refractivity contribution in [2.45, 2.75) is 0 Å². The highest BCUT2D eigenvalue weighted by atomic mass is 16.5. The van der Waals surface area contributed by atoms with Gasteiger partial charge < -0.3 is 14.9 Å². The monoisotopic (exact) mass is 302 g/mol.